The molecule has 0 saturated heterocycles. The van der Waals surface area contributed by atoms with Gasteiger partial charge in [0.1, 0.15) is 11.8 Å². The van der Waals surface area contributed by atoms with Gasteiger partial charge in [0, 0.05) is 13.6 Å². The normalized spacial score (nSPS) is 11.8. The average Bonchev–Trinajstić information content (AvgIpc) is 2.73. The molecule has 1 N–H and O–H groups in total. The summed E-state index contributed by atoms with van der Waals surface area (Å²) in [6.07, 6.45) is 0.518. The van der Waals surface area contributed by atoms with Gasteiger partial charge >= 0.3 is 0 Å². The van der Waals surface area contributed by atoms with E-state index in [0.717, 1.165) is 15.6 Å². The van der Waals surface area contributed by atoms with Crippen molar-refractivity contribution >= 4 is 27.7 Å². The van der Waals surface area contributed by atoms with Crippen molar-refractivity contribution in [3.63, 3.8) is 0 Å². The fourth-order valence-corrected chi connectivity index (χ4v) is 3.78. The molecule has 5 nitrogen and oxygen atoms in total. The Morgan fingerprint density at radius 2 is 1.87 bits per heavy atom. The van der Waals surface area contributed by atoms with Crippen molar-refractivity contribution in [2.45, 2.75) is 52.6 Å². The van der Waals surface area contributed by atoms with Crippen molar-refractivity contribution in [3.05, 3.63) is 63.6 Å². The molecule has 0 saturated carbocycles. The van der Waals surface area contributed by atoms with Crippen LogP contribution in [-0.2, 0) is 16.1 Å². The Balaban J connectivity index is 2.21. The van der Waals surface area contributed by atoms with Gasteiger partial charge in [-0.2, -0.15) is 0 Å². The summed E-state index contributed by atoms with van der Waals surface area (Å²) >= 11 is 3.53. The fourth-order valence-electron chi connectivity index (χ4n) is 3.27. The zero-order chi connectivity index (χ0) is 22.3. The van der Waals surface area contributed by atoms with Crippen LogP contribution in [-0.4, -0.2) is 36.4 Å². The van der Waals surface area contributed by atoms with Gasteiger partial charge in [-0.3, -0.25) is 9.59 Å². The molecular formula is C24H31BrN2O3. The van der Waals surface area contributed by atoms with Crippen LogP contribution < -0.4 is 10.1 Å². The predicted octanol–water partition coefficient (Wildman–Crippen LogP) is 4.81. The van der Waals surface area contributed by atoms with Gasteiger partial charge in [0.2, 0.25) is 5.91 Å². The number of rotatable bonds is 9. The summed E-state index contributed by atoms with van der Waals surface area (Å²) < 4.78 is 6.63. The van der Waals surface area contributed by atoms with Crippen LogP contribution in [0.4, 0.5) is 0 Å². The van der Waals surface area contributed by atoms with Gasteiger partial charge < -0.3 is 15.0 Å². The number of carbonyl (C=O) groups excluding carboxylic acids is 2. The predicted molar refractivity (Wildman–Crippen MR) is 124 cm³/mol. The lowest BCUT2D eigenvalue weighted by atomic mass is 10.0. The molecule has 0 heterocycles. The first-order valence-electron chi connectivity index (χ1n) is 10.3. The highest BCUT2D eigenvalue weighted by Gasteiger charge is 2.28. The number of hydrogen-bond acceptors (Lipinski definition) is 3. The summed E-state index contributed by atoms with van der Waals surface area (Å²) in [5.41, 5.74) is 3.28. The second-order valence-electron chi connectivity index (χ2n) is 7.62. The minimum absolute atomic E-state index is 0.140. The Labute approximate surface area is 187 Å². The van der Waals surface area contributed by atoms with Gasteiger partial charge in [0.05, 0.1) is 4.47 Å². The first-order chi connectivity index (χ1) is 14.3. The van der Waals surface area contributed by atoms with Crippen LogP contribution >= 0.6 is 15.9 Å². The maximum atomic E-state index is 13.1. The Kier molecular flexibility index (Phi) is 8.90. The highest BCUT2D eigenvalue weighted by Crippen LogP contribution is 2.29. The molecule has 0 radical (unpaired) electrons. The molecule has 1 atom stereocenters. The third-order valence-corrected chi connectivity index (χ3v) is 5.83. The Morgan fingerprint density at radius 3 is 2.43 bits per heavy atom. The highest BCUT2D eigenvalue weighted by atomic mass is 79.9. The zero-order valence-electron chi connectivity index (χ0n) is 18.4. The summed E-state index contributed by atoms with van der Waals surface area (Å²) in [5.74, 6) is 0.603. The van der Waals surface area contributed by atoms with E-state index in [1.54, 1.807) is 11.9 Å². The number of amides is 2. The molecule has 6 heteroatoms. The molecule has 0 bridgehead atoms. The molecule has 0 spiro atoms. The number of nitrogens with one attached hydrogen (secondary N) is 1. The van der Waals surface area contributed by atoms with Crippen molar-refractivity contribution in [2.24, 2.45) is 0 Å². The number of nitrogens with zero attached hydrogens (tertiary/aromatic N) is 1. The molecular weight excluding hydrogens is 444 g/mol. The van der Waals surface area contributed by atoms with Crippen LogP contribution in [0.1, 0.15) is 49.8 Å². The van der Waals surface area contributed by atoms with Crippen molar-refractivity contribution < 1.29 is 14.3 Å². The lowest BCUT2D eigenvalue weighted by molar-refractivity contribution is -0.142. The third kappa shape index (κ3) is 6.08. The summed E-state index contributed by atoms with van der Waals surface area (Å²) in [7, 11) is 1.59. The van der Waals surface area contributed by atoms with Crippen molar-refractivity contribution in [1.82, 2.24) is 10.2 Å². The van der Waals surface area contributed by atoms with Crippen LogP contribution in [0.25, 0.3) is 0 Å². The molecule has 2 rings (SSSR count). The van der Waals surface area contributed by atoms with Gasteiger partial charge in [-0.05, 0) is 64.0 Å². The van der Waals surface area contributed by atoms with E-state index in [0.29, 0.717) is 24.6 Å². The number of halogens is 1. The van der Waals surface area contributed by atoms with E-state index in [4.69, 9.17) is 4.74 Å². The quantitative estimate of drug-likeness (QED) is 0.566. The maximum absolute atomic E-state index is 13.1. The first-order valence-corrected chi connectivity index (χ1v) is 11.1. The summed E-state index contributed by atoms with van der Waals surface area (Å²) in [4.78, 5) is 27.2. The fraction of sp³-hybridized carbons (Fsp3) is 0.417. The molecule has 0 unspecified atom stereocenters. The SMILES string of the molecule is CC[C@@H](C(=O)NC)N(Cc1ccccc1C)C(=O)COc1ccc(C(C)C)cc1Br. The third-order valence-electron chi connectivity index (χ3n) is 5.21. The van der Waals surface area contributed by atoms with Crippen LogP contribution in [0.2, 0.25) is 0 Å². The molecule has 0 aromatic heterocycles. The standard InChI is InChI=1S/C24H31BrN2O3/c1-6-21(24(29)26-5)27(14-19-10-8-7-9-17(19)4)23(28)15-30-22-12-11-18(16(2)3)13-20(22)25/h7-13,16,21H,6,14-15H2,1-5H3,(H,26,29)/t21-/m0/s1. The molecule has 2 amide bonds. The molecule has 2 aromatic rings. The summed E-state index contributed by atoms with van der Waals surface area (Å²) in [6.45, 7) is 8.37. The van der Waals surface area contributed by atoms with E-state index < -0.39 is 6.04 Å². The van der Waals surface area contributed by atoms with Crippen molar-refractivity contribution in [2.75, 3.05) is 13.7 Å². The van der Waals surface area contributed by atoms with E-state index >= 15 is 0 Å². The maximum Gasteiger partial charge on any atom is 0.261 e. The second kappa shape index (κ2) is 11.2. The monoisotopic (exact) mass is 474 g/mol. The van der Waals surface area contributed by atoms with E-state index in [-0.39, 0.29) is 18.4 Å². The van der Waals surface area contributed by atoms with E-state index in [9.17, 15) is 9.59 Å². The molecule has 0 fully saturated rings. The van der Waals surface area contributed by atoms with Gasteiger partial charge in [-0.15, -0.1) is 0 Å². The minimum Gasteiger partial charge on any atom is -0.483 e. The van der Waals surface area contributed by atoms with E-state index in [1.807, 2.05) is 56.3 Å². The van der Waals surface area contributed by atoms with Gasteiger partial charge in [0.25, 0.3) is 5.91 Å². The average molecular weight is 475 g/mol. The minimum atomic E-state index is -0.558. The van der Waals surface area contributed by atoms with E-state index in [1.165, 1.54) is 5.56 Å². The summed E-state index contributed by atoms with van der Waals surface area (Å²) in [5, 5.41) is 2.67. The molecule has 0 aliphatic rings. The number of carbonyl (C=O) groups is 2. The molecule has 0 aliphatic heterocycles. The highest BCUT2D eigenvalue weighted by molar-refractivity contribution is 9.10. The number of aryl methyl sites for hydroxylation is 1. The Bertz CT molecular complexity index is 883. The largest absolute Gasteiger partial charge is 0.483 e. The Morgan fingerprint density at radius 1 is 1.17 bits per heavy atom. The lowest BCUT2D eigenvalue weighted by Gasteiger charge is -2.30. The number of ether oxygens (including phenoxy) is 1. The lowest BCUT2D eigenvalue weighted by Crippen LogP contribution is -2.49. The van der Waals surface area contributed by atoms with Gasteiger partial charge in [0.15, 0.2) is 6.61 Å². The zero-order valence-corrected chi connectivity index (χ0v) is 20.0. The van der Waals surface area contributed by atoms with Crippen LogP contribution in [0.3, 0.4) is 0 Å². The molecule has 30 heavy (non-hydrogen) atoms. The molecule has 162 valence electrons. The van der Waals surface area contributed by atoms with Crippen molar-refractivity contribution in [1.29, 1.82) is 0 Å². The van der Waals surface area contributed by atoms with Gasteiger partial charge in [-0.1, -0.05) is 51.1 Å². The van der Waals surface area contributed by atoms with E-state index in [2.05, 4.69) is 35.1 Å². The second-order valence-corrected chi connectivity index (χ2v) is 8.47. The first kappa shape index (κ1) is 23.9. The smallest absolute Gasteiger partial charge is 0.261 e. The Hall–Kier alpha value is -2.34. The van der Waals surface area contributed by atoms with Crippen LogP contribution in [0.5, 0.6) is 5.75 Å². The topological polar surface area (TPSA) is 58.6 Å². The van der Waals surface area contributed by atoms with Crippen LogP contribution in [0, 0.1) is 6.92 Å². The molecule has 2 aromatic carbocycles. The number of likely N-dealkylation sites (N-methyl/N-ethyl adjacent to an activating group) is 1. The van der Waals surface area contributed by atoms with Crippen LogP contribution in [0.15, 0.2) is 46.9 Å². The summed E-state index contributed by atoms with van der Waals surface area (Å²) in [6, 6.07) is 13.2. The van der Waals surface area contributed by atoms with Gasteiger partial charge in [-0.25, -0.2) is 0 Å². The number of benzene rings is 2. The number of hydrogen-bond donors (Lipinski definition) is 1. The van der Waals surface area contributed by atoms with Crippen molar-refractivity contribution in [3.8, 4) is 5.75 Å². The molecule has 0 aliphatic carbocycles.